The van der Waals surface area contributed by atoms with Crippen molar-refractivity contribution in [1.82, 2.24) is 9.97 Å². The molecule has 1 aliphatic heterocycles. The molecule has 1 aromatic rings. The van der Waals surface area contributed by atoms with E-state index in [0.29, 0.717) is 12.6 Å². The van der Waals surface area contributed by atoms with Crippen LogP contribution in [-0.2, 0) is 9.53 Å². The number of nitrogens with one attached hydrogen (secondary N) is 1. The van der Waals surface area contributed by atoms with Crippen LogP contribution in [-0.4, -0.2) is 40.3 Å². The monoisotopic (exact) mass is 251 g/mol. The zero-order chi connectivity index (χ0) is 13.3. The smallest absolute Gasteiger partial charge is 0.313 e. The van der Waals surface area contributed by atoms with Gasteiger partial charge in [0.25, 0.3) is 0 Å². The van der Waals surface area contributed by atoms with Gasteiger partial charge in [0.1, 0.15) is 5.41 Å². The van der Waals surface area contributed by atoms with Crippen molar-refractivity contribution in [3.05, 3.63) is 17.5 Å². The lowest BCUT2D eigenvalue weighted by atomic mass is 9.85. The van der Waals surface area contributed by atoms with Crippen LogP contribution in [0.5, 0.6) is 0 Å². The Kier molecular flexibility index (Phi) is 3.21. The Hall–Kier alpha value is -1.69. The van der Waals surface area contributed by atoms with Gasteiger partial charge in [0.15, 0.2) is 0 Å². The van der Waals surface area contributed by atoms with Gasteiger partial charge in [-0.2, -0.15) is 0 Å². The van der Waals surface area contributed by atoms with E-state index >= 15 is 0 Å². The van der Waals surface area contributed by atoms with E-state index in [-0.39, 0.29) is 12.6 Å². The fourth-order valence-corrected chi connectivity index (χ4v) is 2.03. The first kappa shape index (κ1) is 12.8. The Morgan fingerprint density at radius 1 is 1.50 bits per heavy atom. The molecular weight excluding hydrogens is 234 g/mol. The molecule has 0 bridgehead atoms. The average molecular weight is 251 g/mol. The SMILES string of the molecule is Cc1cc(C)nc(NC2COCC2(C)C(=O)O)n1. The highest BCUT2D eigenvalue weighted by molar-refractivity contribution is 5.76. The standard InChI is InChI=1S/C12H17N3O3/c1-7-4-8(2)14-11(13-7)15-9-5-18-6-12(9,3)10(16)17/h4,9H,5-6H2,1-3H3,(H,16,17)(H,13,14,15). The van der Waals surface area contributed by atoms with E-state index in [1.165, 1.54) is 0 Å². The number of nitrogens with zero attached hydrogens (tertiary/aromatic N) is 2. The lowest BCUT2D eigenvalue weighted by molar-refractivity contribution is -0.148. The van der Waals surface area contributed by atoms with Gasteiger partial charge in [-0.15, -0.1) is 0 Å². The highest BCUT2D eigenvalue weighted by Crippen LogP contribution is 2.30. The summed E-state index contributed by atoms with van der Waals surface area (Å²) in [5.41, 5.74) is 0.753. The second-order valence-electron chi connectivity index (χ2n) is 4.91. The van der Waals surface area contributed by atoms with Gasteiger partial charge >= 0.3 is 5.97 Å². The van der Waals surface area contributed by atoms with Gasteiger partial charge in [0.2, 0.25) is 5.95 Å². The average Bonchev–Trinajstić information content (AvgIpc) is 2.60. The summed E-state index contributed by atoms with van der Waals surface area (Å²) in [5.74, 6) is -0.419. The summed E-state index contributed by atoms with van der Waals surface area (Å²) in [6.07, 6.45) is 0. The van der Waals surface area contributed by atoms with E-state index in [0.717, 1.165) is 11.4 Å². The summed E-state index contributed by atoms with van der Waals surface area (Å²) in [7, 11) is 0. The molecular formula is C12H17N3O3. The van der Waals surface area contributed by atoms with Crippen LogP contribution in [0.15, 0.2) is 6.07 Å². The topological polar surface area (TPSA) is 84.3 Å². The molecule has 2 unspecified atom stereocenters. The summed E-state index contributed by atoms with van der Waals surface area (Å²) < 4.78 is 5.27. The quantitative estimate of drug-likeness (QED) is 0.833. The summed E-state index contributed by atoms with van der Waals surface area (Å²) in [5, 5.41) is 12.3. The summed E-state index contributed by atoms with van der Waals surface area (Å²) >= 11 is 0. The van der Waals surface area contributed by atoms with E-state index in [2.05, 4.69) is 15.3 Å². The van der Waals surface area contributed by atoms with Crippen LogP contribution in [0.3, 0.4) is 0 Å². The van der Waals surface area contributed by atoms with E-state index < -0.39 is 11.4 Å². The Labute approximate surface area is 105 Å². The Balaban J connectivity index is 2.20. The first-order valence-corrected chi connectivity index (χ1v) is 5.82. The largest absolute Gasteiger partial charge is 0.481 e. The minimum Gasteiger partial charge on any atom is -0.481 e. The molecule has 0 spiro atoms. The van der Waals surface area contributed by atoms with Crippen molar-refractivity contribution >= 4 is 11.9 Å². The minimum atomic E-state index is -0.943. The van der Waals surface area contributed by atoms with Gasteiger partial charge in [-0.25, -0.2) is 9.97 Å². The van der Waals surface area contributed by atoms with Crippen molar-refractivity contribution in [3.63, 3.8) is 0 Å². The molecule has 1 aromatic heterocycles. The second-order valence-corrected chi connectivity index (χ2v) is 4.91. The molecule has 2 heterocycles. The number of aryl methyl sites for hydroxylation is 2. The number of aliphatic carboxylic acids is 1. The van der Waals surface area contributed by atoms with Crippen molar-refractivity contribution < 1.29 is 14.6 Å². The van der Waals surface area contributed by atoms with Crippen LogP contribution in [0.1, 0.15) is 18.3 Å². The Morgan fingerprint density at radius 2 is 2.11 bits per heavy atom. The number of carboxylic acid groups (broad SMARTS) is 1. The fourth-order valence-electron chi connectivity index (χ4n) is 2.03. The number of hydrogen-bond acceptors (Lipinski definition) is 5. The van der Waals surface area contributed by atoms with Crippen LogP contribution in [0, 0.1) is 19.3 Å². The van der Waals surface area contributed by atoms with Crippen LogP contribution in [0.2, 0.25) is 0 Å². The maximum Gasteiger partial charge on any atom is 0.313 e. The molecule has 0 saturated carbocycles. The van der Waals surface area contributed by atoms with Gasteiger partial charge in [0.05, 0.1) is 19.3 Å². The predicted octanol–water partition coefficient (Wildman–Crippen LogP) is 0.995. The number of anilines is 1. The molecule has 0 amide bonds. The van der Waals surface area contributed by atoms with E-state index in [1.54, 1.807) is 6.92 Å². The third-order valence-corrected chi connectivity index (χ3v) is 3.23. The molecule has 18 heavy (non-hydrogen) atoms. The predicted molar refractivity (Wildman–Crippen MR) is 65.5 cm³/mol. The molecule has 2 rings (SSSR count). The number of carbonyl (C=O) groups is 1. The number of aromatic nitrogens is 2. The number of hydrogen-bond donors (Lipinski definition) is 2. The van der Waals surface area contributed by atoms with Crippen LogP contribution in [0.25, 0.3) is 0 Å². The molecule has 98 valence electrons. The van der Waals surface area contributed by atoms with Crippen molar-refractivity contribution in [2.75, 3.05) is 18.5 Å². The summed E-state index contributed by atoms with van der Waals surface area (Å²) in [6, 6.07) is 1.54. The Morgan fingerprint density at radius 3 is 2.67 bits per heavy atom. The van der Waals surface area contributed by atoms with E-state index in [1.807, 2.05) is 19.9 Å². The molecule has 6 heteroatoms. The van der Waals surface area contributed by atoms with Crippen LogP contribution >= 0.6 is 0 Å². The Bertz CT molecular complexity index is 457. The molecule has 2 N–H and O–H groups in total. The molecule has 2 atom stereocenters. The van der Waals surface area contributed by atoms with Gasteiger partial charge in [-0.1, -0.05) is 0 Å². The van der Waals surface area contributed by atoms with Gasteiger partial charge in [-0.3, -0.25) is 4.79 Å². The molecule has 6 nitrogen and oxygen atoms in total. The molecule has 0 radical (unpaired) electrons. The third kappa shape index (κ3) is 2.28. The fraction of sp³-hybridized carbons (Fsp3) is 0.583. The van der Waals surface area contributed by atoms with Crippen molar-refractivity contribution in [1.29, 1.82) is 0 Å². The van der Waals surface area contributed by atoms with Crippen molar-refractivity contribution in [3.8, 4) is 0 Å². The van der Waals surface area contributed by atoms with Gasteiger partial charge in [-0.05, 0) is 26.8 Å². The maximum atomic E-state index is 11.3. The van der Waals surface area contributed by atoms with Gasteiger partial charge < -0.3 is 15.2 Å². The maximum absolute atomic E-state index is 11.3. The first-order valence-electron chi connectivity index (χ1n) is 5.82. The zero-order valence-electron chi connectivity index (χ0n) is 10.7. The minimum absolute atomic E-state index is 0.199. The third-order valence-electron chi connectivity index (χ3n) is 3.23. The van der Waals surface area contributed by atoms with Crippen LogP contribution in [0.4, 0.5) is 5.95 Å². The zero-order valence-corrected chi connectivity index (χ0v) is 10.7. The normalized spacial score (nSPS) is 27.2. The molecule has 0 aromatic carbocycles. The second kappa shape index (κ2) is 4.53. The summed E-state index contributed by atoms with van der Waals surface area (Å²) in [4.78, 5) is 19.8. The van der Waals surface area contributed by atoms with Crippen LogP contribution < -0.4 is 5.32 Å². The number of carboxylic acids is 1. The number of ether oxygens (including phenoxy) is 1. The molecule has 1 saturated heterocycles. The lowest BCUT2D eigenvalue weighted by Gasteiger charge is -2.25. The summed E-state index contributed by atoms with van der Waals surface area (Å²) in [6.45, 7) is 5.97. The number of rotatable bonds is 3. The lowest BCUT2D eigenvalue weighted by Crippen LogP contribution is -2.43. The highest BCUT2D eigenvalue weighted by atomic mass is 16.5. The van der Waals surface area contributed by atoms with E-state index in [4.69, 9.17) is 4.74 Å². The van der Waals surface area contributed by atoms with Crippen molar-refractivity contribution in [2.24, 2.45) is 5.41 Å². The van der Waals surface area contributed by atoms with E-state index in [9.17, 15) is 9.90 Å². The first-order chi connectivity index (χ1) is 8.41. The highest BCUT2D eigenvalue weighted by Gasteiger charge is 2.47. The van der Waals surface area contributed by atoms with Gasteiger partial charge in [0, 0.05) is 11.4 Å². The molecule has 0 aliphatic carbocycles. The molecule has 1 aliphatic rings. The molecule has 1 fully saturated rings. The van der Waals surface area contributed by atoms with Crippen molar-refractivity contribution in [2.45, 2.75) is 26.8 Å².